The topological polar surface area (TPSA) is 73.2 Å². The Balaban J connectivity index is 1.94. The van der Waals surface area contributed by atoms with Crippen LogP contribution in [0.4, 0.5) is 0 Å². The number of hydrogen-bond donors (Lipinski definition) is 2. The lowest BCUT2D eigenvalue weighted by atomic mass is 10.2. The molecular weight excluding hydrogens is 242 g/mol. The molecule has 104 valence electrons. The number of aryl methyl sites for hydroxylation is 1. The summed E-state index contributed by atoms with van der Waals surface area (Å²) in [5.41, 5.74) is 8.31. The van der Waals surface area contributed by atoms with E-state index in [2.05, 4.69) is 5.32 Å². The lowest BCUT2D eigenvalue weighted by molar-refractivity contribution is 0.528. The van der Waals surface area contributed by atoms with Gasteiger partial charge in [-0.3, -0.25) is 4.57 Å². The van der Waals surface area contributed by atoms with Gasteiger partial charge in [-0.15, -0.1) is 0 Å². The van der Waals surface area contributed by atoms with Gasteiger partial charge in [0.25, 0.3) is 0 Å². The van der Waals surface area contributed by atoms with Crippen LogP contribution in [0.25, 0.3) is 11.1 Å². The molecule has 1 aromatic heterocycles. The van der Waals surface area contributed by atoms with E-state index >= 15 is 0 Å². The van der Waals surface area contributed by atoms with Crippen molar-refractivity contribution in [3.8, 4) is 0 Å². The van der Waals surface area contributed by atoms with E-state index < -0.39 is 0 Å². The summed E-state index contributed by atoms with van der Waals surface area (Å²) in [5.74, 6) is -0.322. The van der Waals surface area contributed by atoms with Gasteiger partial charge >= 0.3 is 5.76 Å². The van der Waals surface area contributed by atoms with E-state index in [9.17, 15) is 4.79 Å². The van der Waals surface area contributed by atoms with E-state index in [1.165, 1.54) is 4.57 Å². The van der Waals surface area contributed by atoms with Gasteiger partial charge in [0.05, 0.1) is 5.52 Å². The van der Waals surface area contributed by atoms with Crippen LogP contribution in [0.2, 0.25) is 0 Å². The molecule has 0 aliphatic heterocycles. The van der Waals surface area contributed by atoms with Crippen molar-refractivity contribution in [2.24, 2.45) is 12.8 Å². The van der Waals surface area contributed by atoms with Crippen LogP contribution in [0.5, 0.6) is 0 Å². The van der Waals surface area contributed by atoms with E-state index in [1.54, 1.807) is 7.05 Å². The van der Waals surface area contributed by atoms with Crippen LogP contribution in [-0.4, -0.2) is 17.2 Å². The molecule has 0 aliphatic carbocycles. The minimum Gasteiger partial charge on any atom is -0.408 e. The minimum atomic E-state index is -0.322. The predicted molar refractivity (Wildman–Crippen MR) is 76.0 cm³/mol. The van der Waals surface area contributed by atoms with Crippen LogP contribution in [-0.2, 0) is 13.6 Å². The average molecular weight is 263 g/mol. The van der Waals surface area contributed by atoms with E-state index in [-0.39, 0.29) is 11.8 Å². The van der Waals surface area contributed by atoms with Crippen LogP contribution in [0.1, 0.15) is 25.3 Å². The number of nitrogens with zero attached hydrogens (tertiary/aromatic N) is 1. The first-order chi connectivity index (χ1) is 9.08. The highest BCUT2D eigenvalue weighted by atomic mass is 16.4. The van der Waals surface area contributed by atoms with Crippen molar-refractivity contribution in [1.82, 2.24) is 9.88 Å². The van der Waals surface area contributed by atoms with Crippen molar-refractivity contribution < 1.29 is 4.42 Å². The molecule has 1 aromatic carbocycles. The summed E-state index contributed by atoms with van der Waals surface area (Å²) < 4.78 is 6.62. The van der Waals surface area contributed by atoms with Crippen LogP contribution in [0, 0.1) is 0 Å². The molecule has 5 heteroatoms. The normalized spacial score (nSPS) is 13.0. The number of fused-ring (bicyclic) bond motifs is 1. The second kappa shape index (κ2) is 6.04. The van der Waals surface area contributed by atoms with Crippen LogP contribution >= 0.6 is 0 Å². The maximum atomic E-state index is 11.4. The number of rotatable bonds is 6. The molecule has 0 spiro atoms. The number of nitrogens with one attached hydrogen (secondary N) is 1. The summed E-state index contributed by atoms with van der Waals surface area (Å²) in [5, 5.41) is 3.37. The monoisotopic (exact) mass is 263 g/mol. The Labute approximate surface area is 112 Å². The van der Waals surface area contributed by atoms with Crippen molar-refractivity contribution in [2.75, 3.05) is 6.54 Å². The Morgan fingerprint density at radius 2 is 2.26 bits per heavy atom. The Morgan fingerprint density at radius 3 is 3.00 bits per heavy atom. The first-order valence-corrected chi connectivity index (χ1v) is 6.62. The summed E-state index contributed by atoms with van der Waals surface area (Å²) in [6.45, 7) is 3.76. The zero-order chi connectivity index (χ0) is 13.8. The standard InChI is InChI=1S/C14H21N3O2/c1-10(15)4-3-7-16-9-11-5-6-13-12(8-11)17(2)14(18)19-13/h5-6,8,10,16H,3-4,7,9,15H2,1-2H3. The SMILES string of the molecule is CC(N)CCCNCc1ccc2oc(=O)n(C)c2c1. The summed E-state index contributed by atoms with van der Waals surface area (Å²) in [7, 11) is 1.72. The third-order valence-electron chi connectivity index (χ3n) is 3.20. The molecule has 0 amide bonds. The second-order valence-electron chi connectivity index (χ2n) is 5.03. The van der Waals surface area contributed by atoms with Gasteiger partial charge in [0, 0.05) is 19.6 Å². The second-order valence-corrected chi connectivity index (χ2v) is 5.03. The number of oxazole rings is 1. The van der Waals surface area contributed by atoms with Crippen molar-refractivity contribution in [1.29, 1.82) is 0 Å². The molecule has 0 aliphatic rings. The third-order valence-corrected chi connectivity index (χ3v) is 3.20. The summed E-state index contributed by atoms with van der Waals surface area (Å²) >= 11 is 0. The molecule has 3 N–H and O–H groups in total. The molecule has 0 fully saturated rings. The number of nitrogens with two attached hydrogens (primary N) is 1. The predicted octanol–water partition coefficient (Wildman–Crippen LogP) is 1.35. The Hall–Kier alpha value is -1.59. The zero-order valence-electron chi connectivity index (χ0n) is 11.5. The molecule has 0 saturated heterocycles. The Morgan fingerprint density at radius 1 is 1.47 bits per heavy atom. The van der Waals surface area contributed by atoms with Crippen molar-refractivity contribution in [3.63, 3.8) is 0 Å². The number of hydrogen-bond acceptors (Lipinski definition) is 4. The van der Waals surface area contributed by atoms with Gasteiger partial charge in [-0.2, -0.15) is 0 Å². The molecule has 0 saturated carbocycles. The number of aromatic nitrogens is 1. The Bertz CT molecular complexity index is 598. The lowest BCUT2D eigenvalue weighted by Crippen LogP contribution is -2.19. The minimum absolute atomic E-state index is 0.263. The zero-order valence-corrected chi connectivity index (χ0v) is 11.5. The molecule has 0 radical (unpaired) electrons. The average Bonchev–Trinajstić information content (AvgIpc) is 2.65. The fourth-order valence-corrected chi connectivity index (χ4v) is 2.06. The van der Waals surface area contributed by atoms with Crippen molar-refractivity contribution >= 4 is 11.1 Å². The fraction of sp³-hybridized carbons (Fsp3) is 0.500. The van der Waals surface area contributed by atoms with E-state index in [0.717, 1.165) is 37.0 Å². The van der Waals surface area contributed by atoms with Gasteiger partial charge in [-0.1, -0.05) is 6.07 Å². The highest BCUT2D eigenvalue weighted by Crippen LogP contribution is 2.14. The van der Waals surface area contributed by atoms with Gasteiger partial charge < -0.3 is 15.5 Å². The summed E-state index contributed by atoms with van der Waals surface area (Å²) in [6.07, 6.45) is 2.10. The van der Waals surface area contributed by atoms with E-state index in [1.807, 2.05) is 25.1 Å². The van der Waals surface area contributed by atoms with Gasteiger partial charge in [0.15, 0.2) is 5.58 Å². The van der Waals surface area contributed by atoms with E-state index in [4.69, 9.17) is 10.2 Å². The van der Waals surface area contributed by atoms with E-state index in [0.29, 0.717) is 5.58 Å². The van der Waals surface area contributed by atoms with Crippen LogP contribution in [0.3, 0.4) is 0 Å². The Kier molecular flexibility index (Phi) is 4.39. The van der Waals surface area contributed by atoms with Gasteiger partial charge in [0.2, 0.25) is 0 Å². The lowest BCUT2D eigenvalue weighted by Gasteiger charge is -2.07. The molecule has 1 heterocycles. The highest BCUT2D eigenvalue weighted by Gasteiger charge is 2.06. The molecule has 0 bridgehead atoms. The smallest absolute Gasteiger partial charge is 0.408 e. The number of benzene rings is 1. The first kappa shape index (κ1) is 13.8. The quantitative estimate of drug-likeness (QED) is 0.772. The summed E-state index contributed by atoms with van der Waals surface area (Å²) in [6, 6.07) is 6.07. The highest BCUT2D eigenvalue weighted by molar-refractivity contribution is 5.73. The molecule has 1 atom stereocenters. The van der Waals surface area contributed by atoms with Crippen LogP contribution < -0.4 is 16.8 Å². The summed E-state index contributed by atoms with van der Waals surface area (Å²) in [4.78, 5) is 11.4. The van der Waals surface area contributed by atoms with Crippen LogP contribution in [0.15, 0.2) is 27.4 Å². The fourth-order valence-electron chi connectivity index (χ4n) is 2.06. The first-order valence-electron chi connectivity index (χ1n) is 6.62. The maximum Gasteiger partial charge on any atom is 0.419 e. The van der Waals surface area contributed by atoms with Gasteiger partial charge in [0.1, 0.15) is 0 Å². The molecule has 19 heavy (non-hydrogen) atoms. The molecule has 2 rings (SSSR count). The molecule has 1 unspecified atom stereocenters. The maximum absolute atomic E-state index is 11.4. The molecular formula is C14H21N3O2. The van der Waals surface area contributed by atoms with Crippen molar-refractivity contribution in [3.05, 3.63) is 34.3 Å². The molecule has 2 aromatic rings. The largest absolute Gasteiger partial charge is 0.419 e. The van der Waals surface area contributed by atoms with Gasteiger partial charge in [-0.25, -0.2) is 4.79 Å². The van der Waals surface area contributed by atoms with Gasteiger partial charge in [-0.05, 0) is 44.0 Å². The third kappa shape index (κ3) is 3.45. The molecule has 5 nitrogen and oxygen atoms in total. The van der Waals surface area contributed by atoms with Crippen molar-refractivity contribution in [2.45, 2.75) is 32.4 Å².